The van der Waals surface area contributed by atoms with Gasteiger partial charge in [0.2, 0.25) is 0 Å². The summed E-state index contributed by atoms with van der Waals surface area (Å²) in [6, 6.07) is 9.39. The van der Waals surface area contributed by atoms with Crippen molar-refractivity contribution < 1.29 is 4.39 Å². The first kappa shape index (κ1) is 20.2. The molecule has 30 heavy (non-hydrogen) atoms. The number of anilines is 1. The SMILES string of the molecule is Fc1ccc(Cl)c(-c2ccc(NC3C[C@@H]4CN(C5CCCCCC5)C[C@@H]4C3)nn2)c1. The van der Waals surface area contributed by atoms with E-state index in [0.29, 0.717) is 22.3 Å². The Hall–Kier alpha value is -1.72. The Bertz CT molecular complexity index is 852. The van der Waals surface area contributed by atoms with Gasteiger partial charge in [0.25, 0.3) is 0 Å². The maximum Gasteiger partial charge on any atom is 0.148 e. The van der Waals surface area contributed by atoms with E-state index >= 15 is 0 Å². The minimum atomic E-state index is -0.325. The Morgan fingerprint density at radius 2 is 1.67 bits per heavy atom. The molecular formula is C24H30ClFN4. The molecule has 1 unspecified atom stereocenters. The lowest BCUT2D eigenvalue weighted by molar-refractivity contribution is 0.204. The van der Waals surface area contributed by atoms with E-state index in [-0.39, 0.29) is 5.82 Å². The molecule has 5 rings (SSSR count). The van der Waals surface area contributed by atoms with Crippen LogP contribution in [-0.4, -0.2) is 40.3 Å². The van der Waals surface area contributed by atoms with Crippen LogP contribution in [0.5, 0.6) is 0 Å². The minimum absolute atomic E-state index is 0.325. The fourth-order valence-corrected chi connectivity index (χ4v) is 6.05. The number of hydrogen-bond acceptors (Lipinski definition) is 4. The first-order valence-corrected chi connectivity index (χ1v) is 11.8. The van der Waals surface area contributed by atoms with Crippen LogP contribution >= 0.6 is 11.6 Å². The Balaban J connectivity index is 1.17. The second-order valence-corrected chi connectivity index (χ2v) is 9.77. The zero-order chi connectivity index (χ0) is 20.5. The highest BCUT2D eigenvalue weighted by molar-refractivity contribution is 6.33. The fourth-order valence-electron chi connectivity index (χ4n) is 5.83. The van der Waals surface area contributed by atoms with Crippen molar-refractivity contribution in [3.8, 4) is 11.3 Å². The van der Waals surface area contributed by atoms with E-state index in [1.165, 1.54) is 76.6 Å². The minimum Gasteiger partial charge on any atom is -0.366 e. The Morgan fingerprint density at radius 3 is 2.33 bits per heavy atom. The van der Waals surface area contributed by atoms with Crippen molar-refractivity contribution in [3.05, 3.63) is 41.2 Å². The molecule has 0 spiro atoms. The lowest BCUT2D eigenvalue weighted by Crippen LogP contribution is -2.34. The average Bonchev–Trinajstić information content (AvgIpc) is 3.17. The number of benzene rings is 1. The lowest BCUT2D eigenvalue weighted by Gasteiger charge is -2.28. The molecule has 2 saturated carbocycles. The monoisotopic (exact) mass is 428 g/mol. The number of rotatable bonds is 4. The van der Waals surface area contributed by atoms with Gasteiger partial charge >= 0.3 is 0 Å². The molecule has 0 bridgehead atoms. The number of halogens is 2. The fraction of sp³-hybridized carbons (Fsp3) is 0.583. The van der Waals surface area contributed by atoms with Crippen molar-refractivity contribution in [1.82, 2.24) is 15.1 Å². The van der Waals surface area contributed by atoms with Gasteiger partial charge in [0, 0.05) is 30.7 Å². The molecule has 6 heteroatoms. The Morgan fingerprint density at radius 1 is 0.933 bits per heavy atom. The smallest absolute Gasteiger partial charge is 0.148 e. The van der Waals surface area contributed by atoms with Crippen LogP contribution in [0.1, 0.15) is 51.4 Å². The van der Waals surface area contributed by atoms with Gasteiger partial charge in [-0.05, 0) is 67.9 Å². The van der Waals surface area contributed by atoms with Gasteiger partial charge in [0.1, 0.15) is 11.6 Å². The normalized spacial score (nSPS) is 27.7. The first-order chi connectivity index (χ1) is 14.7. The molecule has 0 radical (unpaired) electrons. The van der Waals surface area contributed by atoms with Crippen LogP contribution in [0, 0.1) is 17.7 Å². The molecule has 3 aliphatic rings. The molecule has 1 aromatic heterocycles. The number of fused-ring (bicyclic) bond motifs is 1. The zero-order valence-electron chi connectivity index (χ0n) is 17.4. The molecule has 1 aliphatic heterocycles. The maximum absolute atomic E-state index is 13.5. The van der Waals surface area contributed by atoms with Gasteiger partial charge in [-0.2, -0.15) is 0 Å². The molecule has 2 aliphatic carbocycles. The highest BCUT2D eigenvalue weighted by Gasteiger charge is 2.42. The summed E-state index contributed by atoms with van der Waals surface area (Å²) < 4.78 is 13.5. The highest BCUT2D eigenvalue weighted by Crippen LogP contribution is 2.41. The predicted molar refractivity (Wildman–Crippen MR) is 119 cm³/mol. The van der Waals surface area contributed by atoms with Crippen molar-refractivity contribution in [2.75, 3.05) is 18.4 Å². The van der Waals surface area contributed by atoms with Crippen LogP contribution < -0.4 is 5.32 Å². The summed E-state index contributed by atoms with van der Waals surface area (Å²) in [7, 11) is 0. The number of nitrogens with zero attached hydrogens (tertiary/aromatic N) is 3. The van der Waals surface area contributed by atoms with Crippen molar-refractivity contribution in [2.45, 2.75) is 63.5 Å². The second kappa shape index (κ2) is 8.80. The quantitative estimate of drug-likeness (QED) is 0.626. The third-order valence-corrected chi connectivity index (χ3v) is 7.67. The van der Waals surface area contributed by atoms with Crippen molar-refractivity contribution in [1.29, 1.82) is 0 Å². The molecule has 4 nitrogen and oxygen atoms in total. The number of hydrogen-bond donors (Lipinski definition) is 1. The van der Waals surface area contributed by atoms with Crippen LogP contribution in [0.2, 0.25) is 5.02 Å². The molecule has 3 fully saturated rings. The van der Waals surface area contributed by atoms with E-state index in [9.17, 15) is 4.39 Å². The van der Waals surface area contributed by atoms with Crippen LogP contribution in [-0.2, 0) is 0 Å². The van der Waals surface area contributed by atoms with E-state index < -0.39 is 0 Å². The van der Waals surface area contributed by atoms with Crippen LogP contribution in [0.25, 0.3) is 11.3 Å². The largest absolute Gasteiger partial charge is 0.366 e. The average molecular weight is 429 g/mol. The summed E-state index contributed by atoms with van der Waals surface area (Å²) in [5.74, 6) is 2.08. The van der Waals surface area contributed by atoms with Crippen LogP contribution in [0.4, 0.5) is 10.2 Å². The molecule has 2 aromatic rings. The standard InChI is InChI=1S/C24H30ClFN4/c25-22-8-7-18(26)13-21(22)23-9-10-24(29-28-23)27-19-11-16-14-30(15-17(16)12-19)20-5-3-1-2-4-6-20/h7-10,13,16-17,19-20H,1-6,11-12,14-15H2,(H,27,29)/t16-,17+,19?. The summed E-state index contributed by atoms with van der Waals surface area (Å²) in [5.41, 5.74) is 1.16. The van der Waals surface area contributed by atoms with Crippen LogP contribution in [0.3, 0.4) is 0 Å². The summed E-state index contributed by atoms with van der Waals surface area (Å²) in [5, 5.41) is 12.7. The van der Waals surface area contributed by atoms with Gasteiger partial charge in [-0.15, -0.1) is 10.2 Å². The molecule has 1 aromatic carbocycles. The Labute approximate surface area is 183 Å². The van der Waals surface area contributed by atoms with Gasteiger partial charge in [0.15, 0.2) is 0 Å². The van der Waals surface area contributed by atoms with E-state index in [1.54, 1.807) is 6.07 Å². The Kier molecular flexibility index (Phi) is 5.92. The number of nitrogens with one attached hydrogen (secondary N) is 1. The van der Waals surface area contributed by atoms with E-state index in [0.717, 1.165) is 23.7 Å². The first-order valence-electron chi connectivity index (χ1n) is 11.5. The van der Waals surface area contributed by atoms with Gasteiger partial charge in [-0.3, -0.25) is 4.90 Å². The predicted octanol–water partition coefficient (Wildman–Crippen LogP) is 5.78. The topological polar surface area (TPSA) is 41.0 Å². The van der Waals surface area contributed by atoms with Crippen molar-refractivity contribution >= 4 is 17.4 Å². The molecule has 2 heterocycles. The van der Waals surface area contributed by atoms with Gasteiger partial charge in [-0.25, -0.2) is 4.39 Å². The summed E-state index contributed by atoms with van der Waals surface area (Å²) in [4.78, 5) is 2.80. The van der Waals surface area contributed by atoms with Gasteiger partial charge in [0.05, 0.1) is 10.7 Å². The van der Waals surface area contributed by atoms with E-state index in [4.69, 9.17) is 11.6 Å². The maximum atomic E-state index is 13.5. The third-order valence-electron chi connectivity index (χ3n) is 7.34. The molecule has 3 atom stereocenters. The van der Waals surface area contributed by atoms with Gasteiger partial charge in [-0.1, -0.05) is 37.3 Å². The summed E-state index contributed by atoms with van der Waals surface area (Å²) >= 11 is 6.19. The molecule has 160 valence electrons. The van der Waals surface area contributed by atoms with Crippen molar-refractivity contribution in [3.63, 3.8) is 0 Å². The molecule has 1 N–H and O–H groups in total. The summed E-state index contributed by atoms with van der Waals surface area (Å²) in [6.07, 6.45) is 10.9. The second-order valence-electron chi connectivity index (χ2n) is 9.36. The molecule has 1 saturated heterocycles. The van der Waals surface area contributed by atoms with E-state index in [2.05, 4.69) is 20.4 Å². The van der Waals surface area contributed by atoms with Gasteiger partial charge < -0.3 is 5.32 Å². The zero-order valence-corrected chi connectivity index (χ0v) is 18.1. The van der Waals surface area contributed by atoms with Crippen molar-refractivity contribution in [2.24, 2.45) is 11.8 Å². The number of aromatic nitrogens is 2. The molecule has 0 amide bonds. The summed E-state index contributed by atoms with van der Waals surface area (Å²) in [6.45, 7) is 2.55. The van der Waals surface area contributed by atoms with Crippen LogP contribution in [0.15, 0.2) is 30.3 Å². The van der Waals surface area contributed by atoms with E-state index in [1.807, 2.05) is 12.1 Å². The highest BCUT2D eigenvalue weighted by atomic mass is 35.5. The lowest BCUT2D eigenvalue weighted by atomic mass is 10.0. The third kappa shape index (κ3) is 4.33. The molecular weight excluding hydrogens is 399 g/mol. The number of likely N-dealkylation sites (tertiary alicyclic amines) is 1.